The van der Waals surface area contributed by atoms with Crippen LogP contribution in [0.4, 0.5) is 22.2 Å². The van der Waals surface area contributed by atoms with Gasteiger partial charge < -0.3 is 15.0 Å². The van der Waals surface area contributed by atoms with Gasteiger partial charge in [-0.1, -0.05) is 54.2 Å². The second-order valence-corrected chi connectivity index (χ2v) is 9.18. The van der Waals surface area contributed by atoms with Crippen LogP contribution in [0.2, 0.25) is 0 Å². The van der Waals surface area contributed by atoms with E-state index in [1.54, 1.807) is 11.8 Å². The lowest BCUT2D eigenvalue weighted by molar-refractivity contribution is -0.144. The summed E-state index contributed by atoms with van der Waals surface area (Å²) in [6, 6.07) is 26.4. The van der Waals surface area contributed by atoms with Gasteiger partial charge in [0, 0.05) is 27.4 Å². The molecule has 1 aromatic heterocycles. The summed E-state index contributed by atoms with van der Waals surface area (Å²) >= 11 is 3.25. The number of esters is 1. The van der Waals surface area contributed by atoms with Crippen LogP contribution in [0, 0.1) is 0 Å². The number of hydrogen-bond donors (Lipinski definition) is 1. The maximum absolute atomic E-state index is 12.5. The van der Waals surface area contributed by atoms with E-state index in [0.29, 0.717) is 13.0 Å². The lowest BCUT2D eigenvalue weighted by Crippen LogP contribution is -2.24. The summed E-state index contributed by atoms with van der Waals surface area (Å²) in [4.78, 5) is 21.6. The second kappa shape index (κ2) is 9.46. The van der Waals surface area contributed by atoms with Crippen LogP contribution < -0.4 is 10.2 Å². The van der Waals surface area contributed by atoms with Crippen molar-refractivity contribution < 1.29 is 9.53 Å². The van der Waals surface area contributed by atoms with E-state index in [1.807, 2.05) is 60.0 Å². The normalized spacial score (nSPS) is 12.1. The van der Waals surface area contributed by atoms with Gasteiger partial charge in [-0.2, -0.15) is 0 Å². The molecule has 0 bridgehead atoms. The molecule has 3 aromatic carbocycles. The largest absolute Gasteiger partial charge is 0.459 e. The highest BCUT2D eigenvalue weighted by atomic mass is 32.2. The minimum absolute atomic E-state index is 0.175. The molecule has 5 nitrogen and oxygen atoms in total. The van der Waals surface area contributed by atoms with Gasteiger partial charge in [0.2, 0.25) is 0 Å². The van der Waals surface area contributed by atoms with Crippen LogP contribution in [-0.2, 0) is 16.1 Å². The molecule has 2 heterocycles. The van der Waals surface area contributed by atoms with E-state index in [4.69, 9.17) is 4.74 Å². The Bertz CT molecular complexity index is 1180. The number of hydrogen-bond acceptors (Lipinski definition) is 7. The number of benzene rings is 3. The quantitative estimate of drug-likeness (QED) is 0.313. The van der Waals surface area contributed by atoms with Gasteiger partial charge in [-0.25, -0.2) is 4.98 Å². The van der Waals surface area contributed by atoms with E-state index in [-0.39, 0.29) is 12.6 Å². The fraction of sp³-hybridized carbons (Fsp3) is 0.120. The molecule has 0 atom stereocenters. The predicted octanol–water partition coefficient (Wildman–Crippen LogP) is 6.62. The monoisotopic (exact) mass is 459 g/mol. The SMILES string of the molecule is O=C(CCN1c2ccccc2Sc2ccccc21)OCc1csc(Nc2ccccc2)n1. The molecule has 0 aliphatic carbocycles. The van der Waals surface area contributed by atoms with Gasteiger partial charge in [-0.3, -0.25) is 4.79 Å². The predicted molar refractivity (Wildman–Crippen MR) is 130 cm³/mol. The van der Waals surface area contributed by atoms with Crippen molar-refractivity contribution in [2.75, 3.05) is 16.8 Å². The Morgan fingerprint density at radius 2 is 1.56 bits per heavy atom. The third-order valence-electron chi connectivity index (χ3n) is 5.03. The van der Waals surface area contributed by atoms with Gasteiger partial charge in [0.1, 0.15) is 6.61 Å². The number of ether oxygens (including phenoxy) is 1. The molecule has 0 fully saturated rings. The summed E-state index contributed by atoms with van der Waals surface area (Å²) in [6.45, 7) is 0.736. The van der Waals surface area contributed by atoms with Gasteiger partial charge in [0.05, 0.1) is 23.5 Å². The van der Waals surface area contributed by atoms with Crippen molar-refractivity contribution >= 4 is 51.3 Å². The summed E-state index contributed by atoms with van der Waals surface area (Å²) in [5.74, 6) is -0.233. The van der Waals surface area contributed by atoms with Crippen LogP contribution >= 0.6 is 23.1 Å². The van der Waals surface area contributed by atoms with Crippen molar-refractivity contribution in [3.05, 3.63) is 89.9 Å². The van der Waals surface area contributed by atoms with E-state index in [2.05, 4.69) is 39.5 Å². The lowest BCUT2D eigenvalue weighted by atomic mass is 10.2. The fourth-order valence-electron chi connectivity index (χ4n) is 3.53. The average molecular weight is 460 g/mol. The smallest absolute Gasteiger partial charge is 0.307 e. The van der Waals surface area contributed by atoms with E-state index < -0.39 is 0 Å². The average Bonchev–Trinajstić information content (AvgIpc) is 3.28. The molecule has 1 aliphatic heterocycles. The molecule has 1 aliphatic rings. The molecule has 4 aromatic rings. The zero-order valence-corrected chi connectivity index (χ0v) is 18.9. The number of aromatic nitrogens is 1. The van der Waals surface area contributed by atoms with Gasteiger partial charge in [-0.15, -0.1) is 11.3 Å². The van der Waals surface area contributed by atoms with Crippen molar-refractivity contribution in [3.8, 4) is 0 Å². The number of para-hydroxylation sites is 3. The molecule has 0 amide bonds. The summed E-state index contributed by atoms with van der Waals surface area (Å²) in [5.41, 5.74) is 3.97. The van der Waals surface area contributed by atoms with E-state index in [0.717, 1.165) is 27.9 Å². The molecule has 7 heteroatoms. The maximum Gasteiger partial charge on any atom is 0.307 e. The fourth-order valence-corrected chi connectivity index (χ4v) is 5.34. The van der Waals surface area contributed by atoms with Crippen LogP contribution in [0.3, 0.4) is 0 Å². The Balaban J connectivity index is 1.18. The van der Waals surface area contributed by atoms with Crippen molar-refractivity contribution in [2.24, 2.45) is 0 Å². The Kier molecular flexibility index (Phi) is 6.09. The van der Waals surface area contributed by atoms with Crippen LogP contribution in [0.5, 0.6) is 0 Å². The number of nitrogens with zero attached hydrogens (tertiary/aromatic N) is 2. The highest BCUT2D eigenvalue weighted by Gasteiger charge is 2.23. The van der Waals surface area contributed by atoms with Gasteiger partial charge in [-0.05, 0) is 36.4 Å². The van der Waals surface area contributed by atoms with E-state index in [9.17, 15) is 4.79 Å². The zero-order valence-electron chi connectivity index (χ0n) is 17.2. The standard InChI is InChI=1S/C25H21N3O2S2/c29-24(30-16-19-17-31-25(27-19)26-18-8-2-1-3-9-18)14-15-28-20-10-4-6-12-22(20)32-23-13-7-5-11-21(23)28/h1-13,17H,14-16H2,(H,26,27). The van der Waals surface area contributed by atoms with Crippen molar-refractivity contribution in [1.82, 2.24) is 4.98 Å². The summed E-state index contributed by atoms with van der Waals surface area (Å²) < 4.78 is 5.50. The molecule has 1 N–H and O–H groups in total. The van der Waals surface area contributed by atoms with E-state index >= 15 is 0 Å². The van der Waals surface area contributed by atoms with Crippen molar-refractivity contribution in [1.29, 1.82) is 0 Å². The number of anilines is 4. The molecule has 0 radical (unpaired) electrons. The second-order valence-electron chi connectivity index (χ2n) is 7.23. The summed E-state index contributed by atoms with van der Waals surface area (Å²) in [6.07, 6.45) is 0.298. The number of thiazole rings is 1. The molecule has 0 saturated carbocycles. The first-order valence-electron chi connectivity index (χ1n) is 10.3. The van der Waals surface area contributed by atoms with Crippen LogP contribution in [-0.4, -0.2) is 17.5 Å². The molecule has 0 unspecified atom stereocenters. The van der Waals surface area contributed by atoms with Crippen molar-refractivity contribution in [3.63, 3.8) is 0 Å². The molecule has 0 spiro atoms. The zero-order chi connectivity index (χ0) is 21.8. The highest BCUT2D eigenvalue weighted by Crippen LogP contribution is 2.47. The van der Waals surface area contributed by atoms with Gasteiger partial charge in [0.15, 0.2) is 5.13 Å². The first-order chi connectivity index (χ1) is 15.8. The van der Waals surface area contributed by atoms with Crippen LogP contribution in [0.1, 0.15) is 12.1 Å². The Morgan fingerprint density at radius 1 is 0.906 bits per heavy atom. The number of fused-ring (bicyclic) bond motifs is 2. The molecule has 0 saturated heterocycles. The third kappa shape index (κ3) is 4.64. The summed E-state index contributed by atoms with van der Waals surface area (Å²) in [7, 11) is 0. The van der Waals surface area contributed by atoms with E-state index in [1.165, 1.54) is 21.1 Å². The Labute approximate surface area is 195 Å². The van der Waals surface area contributed by atoms with Crippen molar-refractivity contribution in [2.45, 2.75) is 22.8 Å². The van der Waals surface area contributed by atoms with Crippen LogP contribution in [0.25, 0.3) is 0 Å². The first-order valence-corrected chi connectivity index (χ1v) is 12.0. The Morgan fingerprint density at radius 3 is 2.28 bits per heavy atom. The first kappa shape index (κ1) is 20.6. The maximum atomic E-state index is 12.5. The number of carbonyl (C=O) groups excluding carboxylic acids is 1. The minimum atomic E-state index is -0.233. The number of rotatable bonds is 7. The van der Waals surface area contributed by atoms with Gasteiger partial charge in [0.25, 0.3) is 0 Å². The number of carbonyl (C=O) groups is 1. The summed E-state index contributed by atoms with van der Waals surface area (Å²) in [5, 5.41) is 5.95. The van der Waals surface area contributed by atoms with Crippen LogP contribution in [0.15, 0.2) is 94.0 Å². The third-order valence-corrected chi connectivity index (χ3v) is 6.97. The minimum Gasteiger partial charge on any atom is -0.459 e. The lowest BCUT2D eigenvalue weighted by Gasteiger charge is -2.32. The highest BCUT2D eigenvalue weighted by molar-refractivity contribution is 7.99. The molecule has 160 valence electrons. The van der Waals surface area contributed by atoms with Gasteiger partial charge >= 0.3 is 5.97 Å². The molecule has 32 heavy (non-hydrogen) atoms. The number of nitrogens with one attached hydrogen (secondary N) is 1. The Hall–Kier alpha value is -3.29. The molecular weight excluding hydrogens is 438 g/mol. The topological polar surface area (TPSA) is 54.5 Å². The molecule has 5 rings (SSSR count). The molecular formula is C25H21N3O2S2.